The second-order valence-corrected chi connectivity index (χ2v) is 9.15. The van der Waals surface area contributed by atoms with Crippen molar-refractivity contribution in [2.24, 2.45) is 0 Å². The highest BCUT2D eigenvalue weighted by molar-refractivity contribution is 6.19. The third-order valence-electron chi connectivity index (χ3n) is 7.23. The van der Waals surface area contributed by atoms with E-state index in [-0.39, 0.29) is 0 Å². The summed E-state index contributed by atoms with van der Waals surface area (Å²) in [5.41, 5.74) is 2.71. The van der Waals surface area contributed by atoms with Crippen LogP contribution in [0, 0.1) is 13.8 Å². The maximum absolute atomic E-state index is 2.40. The van der Waals surface area contributed by atoms with E-state index in [1.54, 1.807) is 0 Å². The van der Waals surface area contributed by atoms with Gasteiger partial charge in [-0.05, 0) is 132 Å². The first kappa shape index (κ1) is 17.7. The minimum absolute atomic E-state index is 1.30. The topological polar surface area (TPSA) is 0 Å². The van der Waals surface area contributed by atoms with Crippen LogP contribution >= 0.6 is 0 Å². The van der Waals surface area contributed by atoms with Crippen LogP contribution in [0.2, 0.25) is 0 Å². The van der Waals surface area contributed by atoms with Gasteiger partial charge in [-0.2, -0.15) is 0 Å². The van der Waals surface area contributed by atoms with Gasteiger partial charge in [0.15, 0.2) is 0 Å². The van der Waals surface area contributed by atoms with E-state index >= 15 is 0 Å². The van der Waals surface area contributed by atoms with Crippen molar-refractivity contribution in [3.8, 4) is 0 Å². The molecule has 0 saturated heterocycles. The highest BCUT2D eigenvalue weighted by Crippen LogP contribution is 2.38. The van der Waals surface area contributed by atoms with Crippen LogP contribution in [0.1, 0.15) is 11.1 Å². The predicted octanol–water partition coefficient (Wildman–Crippen LogP) is 9.22. The van der Waals surface area contributed by atoms with Crippen LogP contribution in [-0.4, -0.2) is 0 Å². The van der Waals surface area contributed by atoms with Gasteiger partial charge in [-0.3, -0.25) is 0 Å². The second-order valence-electron chi connectivity index (χ2n) is 9.15. The molecule has 0 aliphatic carbocycles. The van der Waals surface area contributed by atoms with Crippen LogP contribution in [0.25, 0.3) is 64.6 Å². The van der Waals surface area contributed by atoms with Gasteiger partial charge in [0.25, 0.3) is 0 Å². The molecule has 0 spiro atoms. The van der Waals surface area contributed by atoms with Gasteiger partial charge < -0.3 is 0 Å². The number of rotatable bonds is 0. The Morgan fingerprint density at radius 2 is 0.781 bits per heavy atom. The molecule has 0 bridgehead atoms. The molecule has 0 saturated carbocycles. The Labute approximate surface area is 186 Å². The average molecular weight is 407 g/mol. The fourth-order valence-corrected chi connectivity index (χ4v) is 5.53. The Balaban J connectivity index is 1.66. The van der Waals surface area contributed by atoms with Crippen molar-refractivity contribution in [1.82, 2.24) is 0 Å². The number of fused-ring (bicyclic) bond motifs is 7. The number of benzene rings is 7. The Hall–Kier alpha value is -3.90. The second kappa shape index (κ2) is 6.31. The Morgan fingerprint density at radius 3 is 1.41 bits per heavy atom. The molecule has 0 aliphatic rings. The summed E-state index contributed by atoms with van der Waals surface area (Å²) < 4.78 is 0. The number of hydrogen-bond donors (Lipinski definition) is 0. The summed E-state index contributed by atoms with van der Waals surface area (Å²) in [5, 5.41) is 15.9. The monoisotopic (exact) mass is 406 g/mol. The molecular formula is C32H22. The molecule has 0 radical (unpaired) electrons. The van der Waals surface area contributed by atoms with Crippen molar-refractivity contribution in [1.29, 1.82) is 0 Å². The summed E-state index contributed by atoms with van der Waals surface area (Å²) in [7, 11) is 0. The lowest BCUT2D eigenvalue weighted by molar-refractivity contribution is 1.53. The van der Waals surface area contributed by atoms with E-state index in [0.717, 1.165) is 0 Å². The zero-order chi connectivity index (χ0) is 21.4. The summed E-state index contributed by atoms with van der Waals surface area (Å²) in [6, 6.07) is 36.2. The first-order valence-electron chi connectivity index (χ1n) is 11.3. The standard InChI is InChI=1S/C32H22/c1-19-11-30-20(2)29-15-24-10-6-5-9-23(24)14-27(29)18-32(30)31-17-26-13-22-8-4-3-7-21(22)12-25(26)16-28(19)31/h3-18H,1-2H3. The van der Waals surface area contributed by atoms with Crippen molar-refractivity contribution in [3.05, 3.63) is 108 Å². The van der Waals surface area contributed by atoms with Gasteiger partial charge in [0.05, 0.1) is 0 Å². The third kappa shape index (κ3) is 2.44. The summed E-state index contributed by atoms with van der Waals surface area (Å²) in [6.45, 7) is 4.53. The molecular weight excluding hydrogens is 384 g/mol. The molecule has 0 atom stereocenters. The summed E-state index contributed by atoms with van der Waals surface area (Å²) in [4.78, 5) is 0. The van der Waals surface area contributed by atoms with Crippen LogP contribution in [0.15, 0.2) is 97.1 Å². The van der Waals surface area contributed by atoms with Crippen molar-refractivity contribution in [2.45, 2.75) is 13.8 Å². The highest BCUT2D eigenvalue weighted by Gasteiger charge is 2.12. The molecule has 0 N–H and O–H groups in total. The molecule has 0 nitrogen and oxygen atoms in total. The first-order chi connectivity index (χ1) is 15.7. The minimum atomic E-state index is 1.30. The molecule has 7 rings (SSSR count). The van der Waals surface area contributed by atoms with Crippen molar-refractivity contribution in [3.63, 3.8) is 0 Å². The van der Waals surface area contributed by atoms with E-state index in [0.29, 0.717) is 0 Å². The largest absolute Gasteiger partial charge is 0.0616 e. The van der Waals surface area contributed by atoms with Gasteiger partial charge in [-0.25, -0.2) is 0 Å². The quantitative estimate of drug-likeness (QED) is 0.174. The summed E-state index contributed by atoms with van der Waals surface area (Å²) in [6.07, 6.45) is 0. The maximum Gasteiger partial charge on any atom is -0.00959 e. The zero-order valence-corrected chi connectivity index (χ0v) is 18.2. The first-order valence-corrected chi connectivity index (χ1v) is 11.3. The SMILES string of the molecule is Cc1cc2c(C)c3cc4ccccc4cc3cc2c2cc3cc4ccccc4cc3cc12. The molecule has 150 valence electrons. The molecule has 0 fully saturated rings. The van der Waals surface area contributed by atoms with Crippen molar-refractivity contribution >= 4 is 64.6 Å². The predicted molar refractivity (Wildman–Crippen MR) is 141 cm³/mol. The minimum Gasteiger partial charge on any atom is -0.0616 e. The van der Waals surface area contributed by atoms with E-state index in [2.05, 4.69) is 111 Å². The smallest absolute Gasteiger partial charge is 0.00959 e. The summed E-state index contributed by atoms with van der Waals surface area (Å²) >= 11 is 0. The van der Waals surface area contributed by atoms with E-state index < -0.39 is 0 Å². The molecule has 0 aliphatic heterocycles. The van der Waals surface area contributed by atoms with E-state index in [9.17, 15) is 0 Å². The van der Waals surface area contributed by atoms with E-state index in [4.69, 9.17) is 0 Å². The van der Waals surface area contributed by atoms with Crippen LogP contribution in [-0.2, 0) is 0 Å². The lowest BCUT2D eigenvalue weighted by Gasteiger charge is -2.15. The third-order valence-corrected chi connectivity index (χ3v) is 7.23. The molecule has 0 aromatic heterocycles. The molecule has 0 heteroatoms. The van der Waals surface area contributed by atoms with Gasteiger partial charge in [-0.15, -0.1) is 0 Å². The Morgan fingerprint density at radius 1 is 0.344 bits per heavy atom. The normalized spacial score (nSPS) is 12.1. The zero-order valence-electron chi connectivity index (χ0n) is 18.2. The molecule has 0 heterocycles. The van der Waals surface area contributed by atoms with Crippen LogP contribution in [0.4, 0.5) is 0 Å². The van der Waals surface area contributed by atoms with Crippen molar-refractivity contribution in [2.75, 3.05) is 0 Å². The van der Waals surface area contributed by atoms with Crippen LogP contribution in [0.3, 0.4) is 0 Å². The van der Waals surface area contributed by atoms with Crippen LogP contribution < -0.4 is 0 Å². The van der Waals surface area contributed by atoms with Gasteiger partial charge >= 0.3 is 0 Å². The lowest BCUT2D eigenvalue weighted by Crippen LogP contribution is -1.89. The lowest BCUT2D eigenvalue weighted by atomic mass is 9.89. The fraction of sp³-hybridized carbons (Fsp3) is 0.0625. The molecule has 0 unspecified atom stereocenters. The van der Waals surface area contributed by atoms with Crippen molar-refractivity contribution < 1.29 is 0 Å². The Bertz CT molecular complexity index is 1880. The average Bonchev–Trinajstić information content (AvgIpc) is 2.82. The number of aryl methyl sites for hydroxylation is 2. The van der Waals surface area contributed by atoms with Gasteiger partial charge in [0.1, 0.15) is 0 Å². The highest BCUT2D eigenvalue weighted by atomic mass is 14.2. The summed E-state index contributed by atoms with van der Waals surface area (Å²) in [5.74, 6) is 0. The fourth-order valence-electron chi connectivity index (χ4n) is 5.53. The van der Waals surface area contributed by atoms with Gasteiger partial charge in [-0.1, -0.05) is 54.6 Å². The van der Waals surface area contributed by atoms with Crippen LogP contribution in [0.5, 0.6) is 0 Å². The maximum atomic E-state index is 2.40. The van der Waals surface area contributed by atoms with E-state index in [1.807, 2.05) is 0 Å². The Kier molecular flexibility index (Phi) is 3.50. The van der Waals surface area contributed by atoms with E-state index in [1.165, 1.54) is 75.8 Å². The number of hydrogen-bond acceptors (Lipinski definition) is 0. The molecule has 7 aromatic rings. The molecule has 32 heavy (non-hydrogen) atoms. The molecule has 0 amide bonds. The molecule has 7 aromatic carbocycles. The van der Waals surface area contributed by atoms with Gasteiger partial charge in [0.2, 0.25) is 0 Å². The van der Waals surface area contributed by atoms with Gasteiger partial charge in [0, 0.05) is 0 Å².